The quantitative estimate of drug-likeness (QED) is 0.767. The number of rotatable bonds is 3. The Morgan fingerprint density at radius 3 is 2.75 bits per heavy atom. The zero-order chi connectivity index (χ0) is 20.5. The van der Waals surface area contributed by atoms with Crippen LogP contribution in [0.5, 0.6) is 0 Å². The summed E-state index contributed by atoms with van der Waals surface area (Å²) in [6, 6.07) is 3.86. The second-order valence-corrected chi connectivity index (χ2v) is 7.78. The highest BCUT2D eigenvalue weighted by Gasteiger charge is 2.33. The first-order valence-corrected chi connectivity index (χ1v) is 9.43. The molecule has 0 saturated heterocycles. The molecule has 0 spiro atoms. The lowest BCUT2D eigenvalue weighted by molar-refractivity contribution is -0.137. The minimum Gasteiger partial charge on any atom is -0.379 e. The Morgan fingerprint density at radius 2 is 2.11 bits per heavy atom. The number of aromatic nitrogens is 2. The van der Waals surface area contributed by atoms with Crippen LogP contribution >= 0.6 is 23.4 Å². The third-order valence-electron chi connectivity index (χ3n) is 4.15. The second kappa shape index (κ2) is 7.59. The van der Waals surface area contributed by atoms with Gasteiger partial charge in [0.15, 0.2) is 5.17 Å². The monoisotopic (exact) mass is 429 g/mol. The van der Waals surface area contributed by atoms with Crippen molar-refractivity contribution >= 4 is 40.1 Å². The molecule has 0 radical (unpaired) electrons. The van der Waals surface area contributed by atoms with Crippen LogP contribution in [0, 0.1) is 0 Å². The predicted octanol–water partition coefficient (Wildman–Crippen LogP) is 4.07. The molecule has 28 heavy (non-hydrogen) atoms. The van der Waals surface area contributed by atoms with Gasteiger partial charge in [-0.2, -0.15) is 13.2 Å². The van der Waals surface area contributed by atoms with Gasteiger partial charge in [0.25, 0.3) is 5.91 Å². The van der Waals surface area contributed by atoms with Crippen LogP contribution in [0.3, 0.4) is 0 Å². The summed E-state index contributed by atoms with van der Waals surface area (Å²) in [7, 11) is 0. The van der Waals surface area contributed by atoms with Crippen molar-refractivity contribution in [3.63, 3.8) is 0 Å². The predicted molar refractivity (Wildman–Crippen MR) is 102 cm³/mol. The molecule has 0 fully saturated rings. The van der Waals surface area contributed by atoms with Crippen molar-refractivity contribution in [2.24, 2.45) is 10.7 Å². The van der Waals surface area contributed by atoms with E-state index >= 15 is 0 Å². The molecule has 3 N–H and O–H groups in total. The Labute approximate surface area is 167 Å². The lowest BCUT2D eigenvalue weighted by Crippen LogP contribution is -2.29. The third kappa shape index (κ3) is 4.39. The van der Waals surface area contributed by atoms with E-state index in [4.69, 9.17) is 17.3 Å². The maximum Gasteiger partial charge on any atom is 0.417 e. The van der Waals surface area contributed by atoms with E-state index in [1.165, 1.54) is 18.0 Å². The highest BCUT2D eigenvalue weighted by molar-refractivity contribution is 8.13. The first kappa shape index (κ1) is 20.4. The summed E-state index contributed by atoms with van der Waals surface area (Å²) < 4.78 is 38.1. The number of nitrogens with two attached hydrogens (primary N) is 1. The van der Waals surface area contributed by atoms with Gasteiger partial charge in [-0.3, -0.25) is 9.78 Å². The van der Waals surface area contributed by atoms with Crippen molar-refractivity contribution in [1.82, 2.24) is 9.97 Å². The molecule has 2 aromatic heterocycles. The van der Waals surface area contributed by atoms with Crippen molar-refractivity contribution in [3.8, 4) is 0 Å². The molecule has 0 aliphatic carbocycles. The molecule has 2 aromatic rings. The number of carbonyl (C=O) groups excluding carboxylic acids is 1. The van der Waals surface area contributed by atoms with Gasteiger partial charge in [-0.05, 0) is 31.5 Å². The average molecular weight is 430 g/mol. The second-order valence-electron chi connectivity index (χ2n) is 6.26. The molecule has 1 amide bonds. The largest absolute Gasteiger partial charge is 0.417 e. The highest BCUT2D eigenvalue weighted by Crippen LogP contribution is 2.35. The van der Waals surface area contributed by atoms with Crippen LogP contribution in [0.1, 0.15) is 35.1 Å². The van der Waals surface area contributed by atoms with Gasteiger partial charge in [0.2, 0.25) is 0 Å². The molecule has 3 rings (SSSR count). The Kier molecular flexibility index (Phi) is 5.53. The summed E-state index contributed by atoms with van der Waals surface area (Å²) in [6.45, 7) is 1.89. The summed E-state index contributed by atoms with van der Waals surface area (Å²) in [5.74, 6) is 0.0538. The number of halogens is 4. The van der Waals surface area contributed by atoms with Gasteiger partial charge in [0.05, 0.1) is 16.3 Å². The zero-order valence-electron chi connectivity index (χ0n) is 14.5. The van der Waals surface area contributed by atoms with E-state index in [9.17, 15) is 18.0 Å². The van der Waals surface area contributed by atoms with Crippen LogP contribution < -0.4 is 11.1 Å². The van der Waals surface area contributed by atoms with Crippen LogP contribution in [-0.4, -0.2) is 26.8 Å². The molecule has 0 saturated carbocycles. The van der Waals surface area contributed by atoms with Crippen LogP contribution in [0.25, 0.3) is 0 Å². The number of carbonyl (C=O) groups is 1. The van der Waals surface area contributed by atoms with Crippen molar-refractivity contribution < 1.29 is 18.0 Å². The van der Waals surface area contributed by atoms with Gasteiger partial charge >= 0.3 is 6.18 Å². The fourth-order valence-electron chi connectivity index (χ4n) is 2.62. The number of thioether (sulfide) groups is 1. The highest BCUT2D eigenvalue weighted by atomic mass is 35.5. The summed E-state index contributed by atoms with van der Waals surface area (Å²) >= 11 is 7.28. The van der Waals surface area contributed by atoms with Gasteiger partial charge in [-0.25, -0.2) is 9.98 Å². The number of aliphatic imine (C=N–C) groups is 1. The topological polar surface area (TPSA) is 93.3 Å². The number of nitrogens with one attached hydrogen (secondary N) is 1. The van der Waals surface area contributed by atoms with Crippen LogP contribution in [0.15, 0.2) is 35.6 Å². The third-order valence-corrected chi connectivity index (χ3v) is 5.23. The molecular weight excluding hydrogens is 415 g/mol. The van der Waals surface area contributed by atoms with Crippen molar-refractivity contribution in [2.45, 2.75) is 25.1 Å². The van der Waals surface area contributed by atoms with Crippen molar-refractivity contribution in [2.75, 3.05) is 11.1 Å². The SMILES string of the molecule is C[C@@]1(c2cc(NC(=O)c3ncc(C(F)(F)F)cc3Cl)ccn2)CCSC(N)=N1. The lowest BCUT2D eigenvalue weighted by Gasteiger charge is -2.28. The number of nitrogens with zero attached hydrogens (tertiary/aromatic N) is 3. The number of hydrogen-bond donors (Lipinski definition) is 2. The average Bonchev–Trinajstić information content (AvgIpc) is 2.61. The first-order valence-electron chi connectivity index (χ1n) is 8.07. The Morgan fingerprint density at radius 1 is 1.36 bits per heavy atom. The zero-order valence-corrected chi connectivity index (χ0v) is 16.1. The van der Waals surface area contributed by atoms with Crippen LogP contribution in [-0.2, 0) is 11.7 Å². The van der Waals surface area contributed by atoms with Gasteiger partial charge in [-0.1, -0.05) is 23.4 Å². The van der Waals surface area contributed by atoms with E-state index in [0.29, 0.717) is 28.8 Å². The van der Waals surface area contributed by atoms with E-state index in [-0.39, 0.29) is 5.69 Å². The molecule has 1 aliphatic rings. The molecule has 1 aliphatic heterocycles. The Hall–Kier alpha value is -2.33. The number of pyridine rings is 2. The maximum atomic E-state index is 12.7. The van der Waals surface area contributed by atoms with Crippen molar-refractivity contribution in [1.29, 1.82) is 0 Å². The smallest absolute Gasteiger partial charge is 0.379 e. The molecule has 0 aromatic carbocycles. The van der Waals surface area contributed by atoms with Crippen LogP contribution in [0.4, 0.5) is 18.9 Å². The molecule has 11 heteroatoms. The van der Waals surface area contributed by atoms with E-state index in [2.05, 4.69) is 20.3 Å². The van der Waals surface area contributed by atoms with E-state index in [1.807, 2.05) is 6.92 Å². The normalized spacial score (nSPS) is 19.8. The van der Waals surface area contributed by atoms with Crippen molar-refractivity contribution in [3.05, 3.63) is 52.6 Å². The minimum atomic E-state index is -4.60. The fraction of sp³-hybridized carbons (Fsp3) is 0.294. The number of alkyl halides is 3. The molecule has 148 valence electrons. The first-order chi connectivity index (χ1) is 13.1. The Bertz CT molecular complexity index is 953. The maximum absolute atomic E-state index is 12.7. The van der Waals surface area contributed by atoms with Gasteiger partial charge in [0.1, 0.15) is 11.2 Å². The van der Waals surface area contributed by atoms with Gasteiger partial charge < -0.3 is 11.1 Å². The lowest BCUT2D eigenvalue weighted by atomic mass is 9.94. The van der Waals surface area contributed by atoms with Gasteiger partial charge in [-0.15, -0.1) is 0 Å². The number of hydrogen-bond acceptors (Lipinski definition) is 6. The molecule has 6 nitrogen and oxygen atoms in total. The molecular formula is C17H15ClF3N5OS. The number of amides is 1. The molecule has 0 bridgehead atoms. The van der Waals surface area contributed by atoms with Crippen LogP contribution in [0.2, 0.25) is 5.02 Å². The Balaban J connectivity index is 1.83. The minimum absolute atomic E-state index is 0.310. The van der Waals surface area contributed by atoms with E-state index in [1.54, 1.807) is 12.1 Å². The van der Waals surface area contributed by atoms with E-state index in [0.717, 1.165) is 12.2 Å². The van der Waals surface area contributed by atoms with E-state index < -0.39 is 28.2 Å². The summed E-state index contributed by atoms with van der Waals surface area (Å²) in [6.07, 6.45) is -1.81. The summed E-state index contributed by atoms with van der Waals surface area (Å²) in [5.41, 5.74) is 4.85. The summed E-state index contributed by atoms with van der Waals surface area (Å²) in [4.78, 5) is 24.7. The molecule has 0 unspecified atom stereocenters. The molecule has 3 heterocycles. The van der Waals surface area contributed by atoms with Gasteiger partial charge in [0, 0.05) is 23.8 Å². The molecule has 1 atom stereocenters. The summed E-state index contributed by atoms with van der Waals surface area (Å²) in [5, 5.41) is 2.64. The standard InChI is InChI=1S/C17H15ClF3N5OS/c1-16(3-5-28-15(22)26-16)12-7-10(2-4-23-12)25-14(27)13-11(18)6-9(8-24-13)17(19,20)21/h2,4,6-8H,3,5H2,1H3,(H2,22,26)(H,23,25,27)/t16-/m0/s1. The number of anilines is 1. The number of amidine groups is 1. The fourth-order valence-corrected chi connectivity index (χ4v) is 3.85.